The van der Waals surface area contributed by atoms with Gasteiger partial charge in [-0.25, -0.2) is 8.60 Å². The summed E-state index contributed by atoms with van der Waals surface area (Å²) in [6.45, 7) is 5.59. The molecule has 2 heterocycles. The van der Waals surface area contributed by atoms with E-state index in [0.717, 1.165) is 11.1 Å². The summed E-state index contributed by atoms with van der Waals surface area (Å²) in [4.78, 5) is 8.79. The molecule has 1 aromatic carbocycles. The van der Waals surface area contributed by atoms with Crippen LogP contribution in [-0.4, -0.2) is 25.1 Å². The number of rotatable bonds is 4. The predicted octanol–water partition coefficient (Wildman–Crippen LogP) is 5.16. The van der Waals surface area contributed by atoms with Gasteiger partial charge in [0.1, 0.15) is 16.8 Å². The van der Waals surface area contributed by atoms with Crippen molar-refractivity contribution >= 4 is 39.7 Å². The first-order valence-electron chi connectivity index (χ1n) is 8.40. The van der Waals surface area contributed by atoms with Gasteiger partial charge < -0.3 is 0 Å². The third-order valence-corrected chi connectivity index (χ3v) is 5.57. The standard InChI is InChI=1S/C20H19ClFN3OS/c1-20(2,3)27(26)25-9-7-13-12-24-19-15(10-14(22)11-16(19)21)18(13)17-6-4-5-8-23-17/h4-6,8-12H,7H2,1-3H3. The van der Waals surface area contributed by atoms with E-state index in [0.29, 0.717) is 23.0 Å². The van der Waals surface area contributed by atoms with Crippen LogP contribution in [0, 0.1) is 5.82 Å². The van der Waals surface area contributed by atoms with E-state index in [1.165, 1.54) is 12.1 Å². The molecule has 4 nitrogen and oxygen atoms in total. The summed E-state index contributed by atoms with van der Waals surface area (Å²) in [7, 11) is -1.34. The van der Waals surface area contributed by atoms with Crippen molar-refractivity contribution in [1.29, 1.82) is 0 Å². The Hall–Kier alpha value is -2.18. The first-order chi connectivity index (χ1) is 12.8. The summed E-state index contributed by atoms with van der Waals surface area (Å²) < 4.78 is 29.9. The molecule has 0 aliphatic carbocycles. The Bertz CT molecular complexity index is 1030. The molecule has 0 amide bonds. The molecule has 0 fully saturated rings. The fourth-order valence-corrected chi connectivity index (χ4v) is 3.38. The molecule has 0 bridgehead atoms. The predicted molar refractivity (Wildman–Crippen MR) is 110 cm³/mol. The van der Waals surface area contributed by atoms with Gasteiger partial charge in [-0.15, -0.1) is 0 Å². The van der Waals surface area contributed by atoms with E-state index in [9.17, 15) is 8.60 Å². The van der Waals surface area contributed by atoms with Gasteiger partial charge in [0.2, 0.25) is 0 Å². The lowest BCUT2D eigenvalue weighted by Crippen LogP contribution is -2.19. The third kappa shape index (κ3) is 4.39. The summed E-state index contributed by atoms with van der Waals surface area (Å²) in [5.74, 6) is -0.439. The van der Waals surface area contributed by atoms with Crippen molar-refractivity contribution in [2.75, 3.05) is 0 Å². The monoisotopic (exact) mass is 403 g/mol. The van der Waals surface area contributed by atoms with E-state index in [1.807, 2.05) is 39.0 Å². The summed E-state index contributed by atoms with van der Waals surface area (Å²) in [5, 5.41) is 0.831. The van der Waals surface area contributed by atoms with Crippen molar-refractivity contribution in [3.63, 3.8) is 0 Å². The minimum absolute atomic E-state index is 0.247. The van der Waals surface area contributed by atoms with Crippen LogP contribution in [0.1, 0.15) is 26.3 Å². The molecule has 0 aliphatic rings. The molecule has 7 heteroatoms. The van der Waals surface area contributed by atoms with Crippen molar-refractivity contribution < 1.29 is 8.60 Å². The highest BCUT2D eigenvalue weighted by atomic mass is 35.5. The maximum Gasteiger partial charge on any atom is 0.144 e. The number of nitrogens with zero attached hydrogens (tertiary/aromatic N) is 3. The lowest BCUT2D eigenvalue weighted by Gasteiger charge is -2.14. The zero-order valence-corrected chi connectivity index (χ0v) is 16.8. The van der Waals surface area contributed by atoms with E-state index < -0.39 is 21.5 Å². The van der Waals surface area contributed by atoms with Crippen LogP contribution in [-0.2, 0) is 17.4 Å². The minimum atomic E-state index is -1.34. The van der Waals surface area contributed by atoms with Crippen molar-refractivity contribution in [3.05, 3.63) is 59.1 Å². The van der Waals surface area contributed by atoms with Crippen LogP contribution in [0.3, 0.4) is 0 Å². The van der Waals surface area contributed by atoms with E-state index >= 15 is 0 Å². The Labute approximate surface area is 165 Å². The molecule has 2 aromatic heterocycles. The highest BCUT2D eigenvalue weighted by Crippen LogP contribution is 2.33. The molecule has 3 aromatic rings. The second-order valence-electron chi connectivity index (χ2n) is 7.01. The topological polar surface area (TPSA) is 55.2 Å². The number of benzene rings is 1. The van der Waals surface area contributed by atoms with Gasteiger partial charge in [-0.2, -0.15) is 4.40 Å². The van der Waals surface area contributed by atoms with Crippen LogP contribution in [0.5, 0.6) is 0 Å². The molecular weight excluding hydrogens is 385 g/mol. The molecule has 0 radical (unpaired) electrons. The van der Waals surface area contributed by atoms with E-state index in [-0.39, 0.29) is 5.02 Å². The number of hydrogen-bond acceptors (Lipinski definition) is 3. The van der Waals surface area contributed by atoms with Crippen molar-refractivity contribution in [2.24, 2.45) is 4.40 Å². The number of aromatic nitrogens is 2. The van der Waals surface area contributed by atoms with E-state index in [2.05, 4.69) is 14.4 Å². The Morgan fingerprint density at radius 1 is 1.26 bits per heavy atom. The van der Waals surface area contributed by atoms with Crippen LogP contribution < -0.4 is 0 Å². The van der Waals surface area contributed by atoms with Crippen molar-refractivity contribution in [1.82, 2.24) is 9.97 Å². The zero-order valence-electron chi connectivity index (χ0n) is 15.2. The molecule has 0 saturated heterocycles. The zero-order chi connectivity index (χ0) is 19.6. The van der Waals surface area contributed by atoms with Gasteiger partial charge >= 0.3 is 0 Å². The number of pyridine rings is 2. The first-order valence-corrected chi connectivity index (χ1v) is 9.88. The lowest BCUT2D eigenvalue weighted by molar-refractivity contribution is 0.629. The van der Waals surface area contributed by atoms with Gasteiger partial charge in [-0.1, -0.05) is 17.7 Å². The summed E-state index contributed by atoms with van der Waals surface area (Å²) in [6.07, 6.45) is 5.36. The Kier molecular flexibility index (Phi) is 5.67. The Morgan fingerprint density at radius 2 is 2.04 bits per heavy atom. The normalized spacial score (nSPS) is 13.4. The Morgan fingerprint density at radius 3 is 2.70 bits per heavy atom. The van der Waals surface area contributed by atoms with Crippen LogP contribution >= 0.6 is 11.6 Å². The average molecular weight is 404 g/mol. The van der Waals surface area contributed by atoms with Crippen LogP contribution in [0.25, 0.3) is 22.2 Å². The number of hydrogen-bond donors (Lipinski definition) is 0. The molecule has 1 atom stereocenters. The van der Waals surface area contributed by atoms with Gasteiger partial charge in [-0.05, 0) is 50.6 Å². The van der Waals surface area contributed by atoms with Crippen LogP contribution in [0.4, 0.5) is 4.39 Å². The second kappa shape index (κ2) is 7.82. The first kappa shape index (κ1) is 19.6. The molecule has 27 heavy (non-hydrogen) atoms. The van der Waals surface area contributed by atoms with Crippen LogP contribution in [0.15, 0.2) is 47.1 Å². The van der Waals surface area contributed by atoms with Gasteiger partial charge in [0.15, 0.2) is 0 Å². The maximum atomic E-state index is 14.0. The Balaban J connectivity index is 2.13. The van der Waals surface area contributed by atoms with E-state index in [4.69, 9.17) is 11.6 Å². The fraction of sp³-hybridized carbons (Fsp3) is 0.250. The van der Waals surface area contributed by atoms with Gasteiger partial charge in [0.05, 0.1) is 21.0 Å². The maximum absolute atomic E-state index is 14.0. The largest absolute Gasteiger partial charge is 0.256 e. The van der Waals surface area contributed by atoms with Crippen molar-refractivity contribution in [3.8, 4) is 11.3 Å². The smallest absolute Gasteiger partial charge is 0.144 e. The average Bonchev–Trinajstić information content (AvgIpc) is 2.61. The number of halogens is 2. The highest BCUT2D eigenvalue weighted by molar-refractivity contribution is 7.85. The summed E-state index contributed by atoms with van der Waals surface area (Å²) >= 11 is 6.18. The molecule has 140 valence electrons. The molecule has 0 spiro atoms. The molecule has 3 rings (SSSR count). The molecule has 0 N–H and O–H groups in total. The van der Waals surface area contributed by atoms with Gasteiger partial charge in [0, 0.05) is 36.0 Å². The molecule has 1 unspecified atom stereocenters. The third-order valence-electron chi connectivity index (χ3n) is 3.89. The van der Waals surface area contributed by atoms with Gasteiger partial charge in [0.25, 0.3) is 0 Å². The van der Waals surface area contributed by atoms with Crippen molar-refractivity contribution in [2.45, 2.75) is 31.9 Å². The molecule has 0 aliphatic heterocycles. The minimum Gasteiger partial charge on any atom is -0.256 e. The molecular formula is C20H19ClFN3OS. The second-order valence-corrected chi connectivity index (χ2v) is 9.35. The van der Waals surface area contributed by atoms with Gasteiger partial charge in [-0.3, -0.25) is 9.97 Å². The lowest BCUT2D eigenvalue weighted by atomic mass is 9.98. The number of fused-ring (bicyclic) bond motifs is 1. The van der Waals surface area contributed by atoms with Crippen LogP contribution in [0.2, 0.25) is 5.02 Å². The fourth-order valence-electron chi connectivity index (χ4n) is 2.60. The molecule has 0 saturated carbocycles. The summed E-state index contributed by atoms with van der Waals surface area (Å²) in [6, 6.07) is 8.18. The SMILES string of the molecule is CC(C)(C)S(=O)N=CCc1cnc2c(Cl)cc(F)cc2c1-c1ccccn1. The highest BCUT2D eigenvalue weighted by Gasteiger charge is 2.19. The quantitative estimate of drug-likeness (QED) is 0.565. The van der Waals surface area contributed by atoms with E-state index in [1.54, 1.807) is 18.6 Å². The summed E-state index contributed by atoms with van der Waals surface area (Å²) in [5.41, 5.74) is 2.75.